The van der Waals surface area contributed by atoms with Crippen LogP contribution in [-0.2, 0) is 4.79 Å². The Morgan fingerprint density at radius 2 is 1.70 bits per heavy atom. The molecule has 0 spiro atoms. The molecule has 1 amide bonds. The normalized spacial score (nSPS) is 10.9. The van der Waals surface area contributed by atoms with Crippen molar-refractivity contribution in [2.24, 2.45) is 0 Å². The predicted octanol–water partition coefficient (Wildman–Crippen LogP) is 4.71. The fraction of sp³-hybridized carbons (Fsp3) is 0.174. The van der Waals surface area contributed by atoms with Gasteiger partial charge in [0, 0.05) is 23.6 Å². The highest BCUT2D eigenvalue weighted by atomic mass is 32.2. The van der Waals surface area contributed by atoms with Gasteiger partial charge in [0.1, 0.15) is 0 Å². The third-order valence-corrected chi connectivity index (χ3v) is 5.87. The number of carbonyl (C=O) groups is 1. The first-order valence-electron chi connectivity index (χ1n) is 9.68. The highest BCUT2D eigenvalue weighted by Crippen LogP contribution is 2.25. The topological polar surface area (TPSA) is 64.7 Å². The number of aryl methyl sites for hydroxylation is 2. The van der Waals surface area contributed by atoms with Gasteiger partial charge in [0.15, 0.2) is 5.82 Å². The van der Waals surface area contributed by atoms with E-state index in [0.29, 0.717) is 5.16 Å². The van der Waals surface area contributed by atoms with Crippen molar-refractivity contribution in [3.05, 3.63) is 83.7 Å². The van der Waals surface area contributed by atoms with Gasteiger partial charge in [0.2, 0.25) is 11.1 Å². The van der Waals surface area contributed by atoms with Crippen LogP contribution in [0.4, 0.5) is 5.69 Å². The van der Waals surface area contributed by atoms with Gasteiger partial charge in [0.25, 0.3) is 0 Å². The van der Waals surface area contributed by atoms with Gasteiger partial charge in [-0.15, -0.1) is 10.2 Å². The smallest absolute Gasteiger partial charge is 0.234 e. The molecular formula is C23H23N5OS. The molecule has 6 nitrogen and oxygen atoms in total. The second kappa shape index (κ2) is 8.59. The van der Waals surface area contributed by atoms with E-state index in [1.54, 1.807) is 0 Å². The molecule has 0 atom stereocenters. The summed E-state index contributed by atoms with van der Waals surface area (Å²) in [6, 6.07) is 17.9. The number of rotatable bonds is 6. The first kappa shape index (κ1) is 20.0. The van der Waals surface area contributed by atoms with Gasteiger partial charge in [-0.05, 0) is 50.1 Å². The standard InChI is InChI=1S/C23H23N5OS/c1-16-9-11-19(12-10-16)22-25-26-23(28(22)27-13-4-5-14-27)30-15-21(29)24-20-8-6-7-17(2)18(20)3/h4-14H,15H2,1-3H3,(H,24,29). The van der Waals surface area contributed by atoms with Crippen LogP contribution in [0, 0.1) is 20.8 Å². The molecule has 2 heterocycles. The maximum atomic E-state index is 12.6. The monoisotopic (exact) mass is 417 g/mol. The molecule has 0 aliphatic rings. The van der Waals surface area contributed by atoms with Crippen molar-refractivity contribution in [1.29, 1.82) is 0 Å². The molecule has 2 aromatic heterocycles. The minimum absolute atomic E-state index is 0.0763. The molecule has 0 aliphatic carbocycles. The second-order valence-corrected chi connectivity index (χ2v) is 8.07. The zero-order valence-electron chi connectivity index (χ0n) is 17.2. The molecule has 0 aliphatic heterocycles. The van der Waals surface area contributed by atoms with Crippen LogP contribution in [0.3, 0.4) is 0 Å². The van der Waals surface area contributed by atoms with E-state index in [4.69, 9.17) is 0 Å². The summed E-state index contributed by atoms with van der Waals surface area (Å²) in [5.41, 5.74) is 5.22. The number of hydrogen-bond acceptors (Lipinski definition) is 4. The fourth-order valence-corrected chi connectivity index (χ4v) is 3.84. The van der Waals surface area contributed by atoms with E-state index in [0.717, 1.165) is 28.2 Å². The highest BCUT2D eigenvalue weighted by molar-refractivity contribution is 7.99. The summed E-state index contributed by atoms with van der Waals surface area (Å²) in [5, 5.41) is 12.4. The van der Waals surface area contributed by atoms with Crippen molar-refractivity contribution in [2.45, 2.75) is 25.9 Å². The third-order valence-electron chi connectivity index (χ3n) is 4.95. The summed E-state index contributed by atoms with van der Waals surface area (Å²) < 4.78 is 3.83. The summed E-state index contributed by atoms with van der Waals surface area (Å²) >= 11 is 1.36. The molecule has 4 aromatic rings. The number of aromatic nitrogens is 4. The first-order chi connectivity index (χ1) is 14.5. The minimum Gasteiger partial charge on any atom is -0.325 e. The third kappa shape index (κ3) is 4.16. The molecule has 0 saturated heterocycles. The molecule has 30 heavy (non-hydrogen) atoms. The van der Waals surface area contributed by atoms with Crippen molar-refractivity contribution < 1.29 is 4.79 Å². The van der Waals surface area contributed by atoms with E-state index < -0.39 is 0 Å². The van der Waals surface area contributed by atoms with Crippen LogP contribution in [0.1, 0.15) is 16.7 Å². The Hall–Kier alpha value is -3.32. The van der Waals surface area contributed by atoms with E-state index in [-0.39, 0.29) is 11.7 Å². The van der Waals surface area contributed by atoms with Crippen LogP contribution in [0.15, 0.2) is 72.1 Å². The predicted molar refractivity (Wildman–Crippen MR) is 121 cm³/mol. The van der Waals surface area contributed by atoms with Crippen molar-refractivity contribution in [2.75, 3.05) is 11.1 Å². The zero-order valence-corrected chi connectivity index (χ0v) is 18.0. The lowest BCUT2D eigenvalue weighted by atomic mass is 10.1. The van der Waals surface area contributed by atoms with Gasteiger partial charge in [-0.1, -0.05) is 53.7 Å². The Morgan fingerprint density at radius 1 is 0.967 bits per heavy atom. The van der Waals surface area contributed by atoms with Gasteiger partial charge >= 0.3 is 0 Å². The Morgan fingerprint density at radius 3 is 2.43 bits per heavy atom. The SMILES string of the molecule is Cc1ccc(-c2nnc(SCC(=O)Nc3cccc(C)c3C)n2-n2cccc2)cc1. The lowest BCUT2D eigenvalue weighted by molar-refractivity contribution is -0.113. The van der Waals surface area contributed by atoms with E-state index >= 15 is 0 Å². The van der Waals surface area contributed by atoms with Gasteiger partial charge in [-0.25, -0.2) is 4.68 Å². The molecule has 4 rings (SSSR count). The summed E-state index contributed by atoms with van der Waals surface area (Å²) in [5.74, 6) is 0.886. The van der Waals surface area contributed by atoms with Crippen LogP contribution in [0.2, 0.25) is 0 Å². The Labute approximate surface area is 179 Å². The molecule has 1 N–H and O–H groups in total. The first-order valence-corrected chi connectivity index (χ1v) is 10.7. The van der Waals surface area contributed by atoms with E-state index in [1.165, 1.54) is 17.3 Å². The van der Waals surface area contributed by atoms with Crippen molar-refractivity contribution in [3.8, 4) is 11.4 Å². The summed E-state index contributed by atoms with van der Waals surface area (Å²) in [6.07, 6.45) is 3.86. The summed E-state index contributed by atoms with van der Waals surface area (Å²) in [7, 11) is 0. The lowest BCUT2D eigenvalue weighted by Gasteiger charge is -2.12. The summed E-state index contributed by atoms with van der Waals surface area (Å²) in [4.78, 5) is 12.6. The molecule has 2 aromatic carbocycles. The molecule has 0 saturated carbocycles. The second-order valence-electron chi connectivity index (χ2n) is 7.13. The van der Waals surface area contributed by atoms with Gasteiger partial charge in [0.05, 0.1) is 5.75 Å². The van der Waals surface area contributed by atoms with Crippen LogP contribution in [0.25, 0.3) is 11.4 Å². The zero-order chi connectivity index (χ0) is 21.1. The van der Waals surface area contributed by atoms with Gasteiger partial charge in [-0.3, -0.25) is 9.47 Å². The Kier molecular flexibility index (Phi) is 5.72. The largest absolute Gasteiger partial charge is 0.325 e. The fourth-order valence-electron chi connectivity index (χ4n) is 3.11. The van der Waals surface area contributed by atoms with Crippen molar-refractivity contribution in [3.63, 3.8) is 0 Å². The molecule has 0 unspecified atom stereocenters. The lowest BCUT2D eigenvalue weighted by Crippen LogP contribution is -2.16. The van der Waals surface area contributed by atoms with Crippen molar-refractivity contribution in [1.82, 2.24) is 19.5 Å². The number of nitrogens with zero attached hydrogens (tertiary/aromatic N) is 4. The summed E-state index contributed by atoms with van der Waals surface area (Å²) in [6.45, 7) is 6.09. The van der Waals surface area contributed by atoms with E-state index in [2.05, 4.69) is 34.6 Å². The van der Waals surface area contributed by atoms with Crippen LogP contribution >= 0.6 is 11.8 Å². The maximum absolute atomic E-state index is 12.6. The maximum Gasteiger partial charge on any atom is 0.234 e. The number of thioether (sulfide) groups is 1. The van der Waals surface area contributed by atoms with E-state index in [9.17, 15) is 4.79 Å². The number of benzene rings is 2. The quantitative estimate of drug-likeness (QED) is 0.461. The van der Waals surface area contributed by atoms with Crippen LogP contribution < -0.4 is 5.32 Å². The van der Waals surface area contributed by atoms with Crippen LogP contribution in [-0.4, -0.2) is 31.2 Å². The average molecular weight is 418 g/mol. The minimum atomic E-state index is -0.0763. The molecule has 0 radical (unpaired) electrons. The molecule has 0 bridgehead atoms. The Balaban J connectivity index is 1.56. The number of anilines is 1. The molecular weight excluding hydrogens is 394 g/mol. The van der Waals surface area contributed by atoms with Gasteiger partial charge < -0.3 is 5.32 Å². The number of carbonyl (C=O) groups excluding carboxylic acids is 1. The van der Waals surface area contributed by atoms with Gasteiger partial charge in [-0.2, -0.15) is 0 Å². The number of amides is 1. The molecule has 0 fully saturated rings. The Bertz CT molecular complexity index is 1160. The number of nitrogens with one attached hydrogen (secondary N) is 1. The van der Waals surface area contributed by atoms with Crippen LogP contribution in [0.5, 0.6) is 0 Å². The molecule has 7 heteroatoms. The molecule has 152 valence electrons. The number of hydrogen-bond donors (Lipinski definition) is 1. The van der Waals surface area contributed by atoms with E-state index in [1.807, 2.05) is 78.1 Å². The highest BCUT2D eigenvalue weighted by Gasteiger charge is 2.17. The van der Waals surface area contributed by atoms with Crippen molar-refractivity contribution >= 4 is 23.4 Å². The average Bonchev–Trinajstić information content (AvgIpc) is 3.40.